The lowest BCUT2D eigenvalue weighted by Gasteiger charge is -2.36. The zero-order chi connectivity index (χ0) is 27.8. The van der Waals surface area contributed by atoms with E-state index in [1.54, 1.807) is 13.8 Å². The van der Waals surface area contributed by atoms with Crippen molar-refractivity contribution in [1.82, 2.24) is 0 Å². The van der Waals surface area contributed by atoms with Crippen LogP contribution in [0.4, 0.5) is 0 Å². The molecule has 0 saturated carbocycles. The summed E-state index contributed by atoms with van der Waals surface area (Å²) in [5.41, 5.74) is 0. The van der Waals surface area contributed by atoms with Gasteiger partial charge in [0, 0.05) is 13.2 Å². The molecule has 0 aliphatic carbocycles. The Morgan fingerprint density at radius 1 is 0.583 bits per heavy atom. The van der Waals surface area contributed by atoms with Gasteiger partial charge in [0.2, 0.25) is 0 Å². The van der Waals surface area contributed by atoms with Crippen LogP contribution in [0.25, 0.3) is 0 Å². The molecule has 0 saturated heterocycles. The molecule has 0 aliphatic rings. The number of aliphatic hydroxyl groups is 2. The molecule has 4 atom stereocenters. The zero-order valence-corrected chi connectivity index (χ0v) is 27.9. The third-order valence-electron chi connectivity index (χ3n) is 5.45. The summed E-state index contributed by atoms with van der Waals surface area (Å²) >= 11 is 0. The van der Waals surface area contributed by atoms with E-state index < -0.39 is 37.2 Å². The van der Waals surface area contributed by atoms with Crippen molar-refractivity contribution in [2.24, 2.45) is 0 Å². The van der Waals surface area contributed by atoms with E-state index in [9.17, 15) is 10.2 Å². The standard InChI is InChI=1S/C25H58O8Si3/c1-22(26)17-30-24(3)19-28-13-11-15-34(5,6)32-21-36(9,10)33-35(7,8)16-12-14-29-20-25(4)31-18-23(2)27/h22-27H,11-21H2,1-10H3. The van der Waals surface area contributed by atoms with Gasteiger partial charge in [-0.25, -0.2) is 0 Å². The van der Waals surface area contributed by atoms with E-state index in [1.165, 1.54) is 0 Å². The highest BCUT2D eigenvalue weighted by atomic mass is 28.4. The van der Waals surface area contributed by atoms with Crippen LogP contribution in [-0.4, -0.2) is 105 Å². The lowest BCUT2D eigenvalue weighted by molar-refractivity contribution is -0.0363. The molecule has 0 aromatic heterocycles. The molecule has 0 aromatic carbocycles. The Morgan fingerprint density at radius 2 is 1.00 bits per heavy atom. The molecule has 36 heavy (non-hydrogen) atoms. The van der Waals surface area contributed by atoms with E-state index in [2.05, 4.69) is 39.3 Å². The topological polar surface area (TPSA) is 95.8 Å². The maximum Gasteiger partial charge on any atom is 0.198 e. The number of ether oxygens (including phenoxy) is 4. The highest BCUT2D eigenvalue weighted by molar-refractivity contribution is 6.85. The predicted molar refractivity (Wildman–Crippen MR) is 154 cm³/mol. The van der Waals surface area contributed by atoms with Crippen molar-refractivity contribution >= 4 is 25.0 Å². The molecule has 0 bridgehead atoms. The lowest BCUT2D eigenvalue weighted by atomic mass is 10.4. The van der Waals surface area contributed by atoms with Crippen molar-refractivity contribution in [2.45, 2.75) is 116 Å². The second-order valence-corrected chi connectivity index (χ2v) is 25.0. The lowest BCUT2D eigenvalue weighted by Crippen LogP contribution is -2.50. The van der Waals surface area contributed by atoms with Crippen LogP contribution in [0.1, 0.15) is 40.5 Å². The van der Waals surface area contributed by atoms with Gasteiger partial charge in [-0.05, 0) is 91.9 Å². The molecule has 0 spiro atoms. The van der Waals surface area contributed by atoms with Crippen LogP contribution in [0.3, 0.4) is 0 Å². The van der Waals surface area contributed by atoms with Gasteiger partial charge in [-0.2, -0.15) is 0 Å². The molecule has 0 aliphatic heterocycles. The van der Waals surface area contributed by atoms with Gasteiger partial charge in [-0.3, -0.25) is 0 Å². The van der Waals surface area contributed by atoms with Gasteiger partial charge in [0.15, 0.2) is 25.0 Å². The van der Waals surface area contributed by atoms with Crippen LogP contribution in [0, 0.1) is 0 Å². The molecule has 2 N–H and O–H groups in total. The van der Waals surface area contributed by atoms with E-state index in [-0.39, 0.29) is 12.2 Å². The van der Waals surface area contributed by atoms with Crippen molar-refractivity contribution in [1.29, 1.82) is 0 Å². The Morgan fingerprint density at radius 3 is 1.42 bits per heavy atom. The first-order valence-electron chi connectivity index (χ1n) is 13.6. The normalized spacial score (nSPS) is 16.7. The van der Waals surface area contributed by atoms with Gasteiger partial charge in [0.25, 0.3) is 0 Å². The highest BCUT2D eigenvalue weighted by Gasteiger charge is 2.35. The van der Waals surface area contributed by atoms with Crippen molar-refractivity contribution < 1.29 is 37.7 Å². The molecule has 0 rings (SSSR count). The zero-order valence-electron chi connectivity index (χ0n) is 24.9. The van der Waals surface area contributed by atoms with Crippen molar-refractivity contribution in [3.8, 4) is 0 Å². The van der Waals surface area contributed by atoms with Crippen LogP contribution in [0.2, 0.25) is 51.4 Å². The summed E-state index contributed by atoms with van der Waals surface area (Å²) in [5.74, 6) is 0. The number of aliphatic hydroxyl groups excluding tert-OH is 2. The monoisotopic (exact) mass is 570 g/mol. The molecule has 8 nitrogen and oxygen atoms in total. The largest absolute Gasteiger partial charge is 0.454 e. The average Bonchev–Trinajstić information content (AvgIpc) is 2.73. The van der Waals surface area contributed by atoms with Crippen molar-refractivity contribution in [3.05, 3.63) is 0 Å². The molecule has 0 heterocycles. The number of hydrogen-bond acceptors (Lipinski definition) is 8. The fourth-order valence-corrected chi connectivity index (χ4v) is 15.4. The van der Waals surface area contributed by atoms with E-state index in [4.69, 9.17) is 27.5 Å². The number of hydrogen-bond donors (Lipinski definition) is 2. The van der Waals surface area contributed by atoms with E-state index in [1.807, 2.05) is 13.8 Å². The molecule has 0 amide bonds. The SMILES string of the molecule is CC(O)COC(C)COCCC[Si](C)(C)OC[Si](C)(C)O[Si](C)(C)CCCOCC(C)OCC(C)O. The average molecular weight is 571 g/mol. The maximum atomic E-state index is 9.28. The summed E-state index contributed by atoms with van der Waals surface area (Å²) in [6, 6.07) is 2.11. The summed E-state index contributed by atoms with van der Waals surface area (Å²) in [4.78, 5) is 0. The van der Waals surface area contributed by atoms with Gasteiger partial charge in [0.1, 0.15) is 0 Å². The minimum Gasteiger partial charge on any atom is -0.454 e. The summed E-state index contributed by atoms with van der Waals surface area (Å²) in [6.45, 7) is 24.2. The van der Waals surface area contributed by atoms with Gasteiger partial charge in [0.05, 0.1) is 57.1 Å². The van der Waals surface area contributed by atoms with Gasteiger partial charge < -0.3 is 37.7 Å². The Kier molecular flexibility index (Phi) is 18.8. The van der Waals surface area contributed by atoms with E-state index >= 15 is 0 Å². The van der Waals surface area contributed by atoms with Crippen LogP contribution in [0.15, 0.2) is 0 Å². The summed E-state index contributed by atoms with van der Waals surface area (Å²) < 4.78 is 35.7. The van der Waals surface area contributed by atoms with Gasteiger partial charge in [-0.15, -0.1) is 0 Å². The molecule has 0 radical (unpaired) electrons. The van der Waals surface area contributed by atoms with E-state index in [0.717, 1.165) is 31.2 Å². The van der Waals surface area contributed by atoms with Crippen LogP contribution in [0.5, 0.6) is 0 Å². The third-order valence-corrected chi connectivity index (χ3v) is 15.0. The molecule has 0 fully saturated rings. The molecule has 4 unspecified atom stereocenters. The van der Waals surface area contributed by atoms with Gasteiger partial charge >= 0.3 is 0 Å². The van der Waals surface area contributed by atoms with E-state index in [0.29, 0.717) is 39.6 Å². The first-order valence-corrected chi connectivity index (χ1v) is 23.0. The van der Waals surface area contributed by atoms with Crippen LogP contribution in [-0.2, 0) is 27.5 Å². The first-order chi connectivity index (χ1) is 16.5. The molecular weight excluding hydrogens is 513 g/mol. The fourth-order valence-electron chi connectivity index (χ4n) is 3.67. The molecule has 11 heteroatoms. The predicted octanol–water partition coefficient (Wildman–Crippen LogP) is 4.56. The minimum absolute atomic E-state index is 0.0116. The van der Waals surface area contributed by atoms with Crippen LogP contribution >= 0.6 is 0 Å². The summed E-state index contributed by atoms with van der Waals surface area (Å²) in [5, 5.41) is 18.6. The Hall–Kier alpha value is 0.331. The maximum absolute atomic E-state index is 9.28. The highest BCUT2D eigenvalue weighted by Crippen LogP contribution is 2.23. The fraction of sp³-hybridized carbons (Fsp3) is 1.00. The first kappa shape index (κ1) is 36.3. The quantitative estimate of drug-likeness (QED) is 0.136. The summed E-state index contributed by atoms with van der Waals surface area (Å²) in [7, 11) is -5.50. The Labute approximate surface area is 224 Å². The van der Waals surface area contributed by atoms with Crippen molar-refractivity contribution in [3.63, 3.8) is 0 Å². The summed E-state index contributed by atoms with van der Waals surface area (Å²) in [6.07, 6.45) is 1.78. The second kappa shape index (κ2) is 18.6. The Bertz CT molecular complexity index is 547. The van der Waals surface area contributed by atoms with Crippen molar-refractivity contribution in [2.75, 3.05) is 45.9 Å². The third kappa shape index (κ3) is 22.3. The molecule has 218 valence electrons. The Balaban J connectivity index is 4.13. The minimum atomic E-state index is -1.92. The van der Waals surface area contributed by atoms with Crippen LogP contribution < -0.4 is 0 Å². The molecule has 0 aromatic rings. The number of rotatable bonds is 23. The smallest absolute Gasteiger partial charge is 0.198 e. The molecular formula is C25H58O8Si3. The second-order valence-electron chi connectivity index (χ2n) is 12.0. The van der Waals surface area contributed by atoms with Gasteiger partial charge in [-0.1, -0.05) is 0 Å².